The number of fused-ring (bicyclic) bond motifs is 1. The fourth-order valence-corrected chi connectivity index (χ4v) is 2.68. The summed E-state index contributed by atoms with van der Waals surface area (Å²) in [6.45, 7) is 0.407. The van der Waals surface area contributed by atoms with Crippen molar-refractivity contribution in [3.8, 4) is 0 Å². The molecule has 0 aliphatic carbocycles. The van der Waals surface area contributed by atoms with Gasteiger partial charge in [0.05, 0.1) is 0 Å². The molecule has 1 aromatic rings. The number of hydrogen-bond donors (Lipinski definition) is 3. The maximum Gasteiger partial charge on any atom is 0.325 e. The molecule has 120 valence electrons. The van der Waals surface area contributed by atoms with Crippen molar-refractivity contribution in [2.45, 2.75) is 18.8 Å². The topological polar surface area (TPSA) is 106 Å². The summed E-state index contributed by atoms with van der Waals surface area (Å²) in [7, 11) is 1.57. The van der Waals surface area contributed by atoms with Crippen LogP contribution in [0, 0.1) is 0 Å². The predicted octanol–water partition coefficient (Wildman–Crippen LogP) is -1.01. The Bertz CT molecular complexity index is 662. The van der Waals surface area contributed by atoms with E-state index < -0.39 is 24.1 Å². The fraction of sp³-hybridized carbons (Fsp3) is 0.286. The normalized spacial score (nSPS) is 23.1. The van der Waals surface area contributed by atoms with Gasteiger partial charge in [-0.3, -0.25) is 25.8 Å². The van der Waals surface area contributed by atoms with Gasteiger partial charge in [0, 0.05) is 13.6 Å². The van der Waals surface area contributed by atoms with Crippen molar-refractivity contribution in [2.75, 3.05) is 7.05 Å². The zero-order chi connectivity index (χ0) is 16.4. The SMILES string of the molecule is CN1C(=O)NC(=O)C2C1N=C(NNC=O)N2Cc1ccccc1. The van der Waals surface area contributed by atoms with Gasteiger partial charge in [-0.1, -0.05) is 30.3 Å². The molecule has 0 spiro atoms. The molecule has 0 aromatic heterocycles. The number of rotatable bonds is 4. The monoisotopic (exact) mass is 316 g/mol. The maximum absolute atomic E-state index is 12.3. The Labute approximate surface area is 132 Å². The van der Waals surface area contributed by atoms with Gasteiger partial charge in [0.15, 0.2) is 12.2 Å². The van der Waals surface area contributed by atoms with Crippen molar-refractivity contribution >= 4 is 24.3 Å². The van der Waals surface area contributed by atoms with Gasteiger partial charge in [-0.2, -0.15) is 0 Å². The third kappa shape index (κ3) is 2.68. The molecule has 4 amide bonds. The summed E-state index contributed by atoms with van der Waals surface area (Å²) >= 11 is 0. The highest BCUT2D eigenvalue weighted by Gasteiger charge is 2.48. The number of urea groups is 1. The number of likely N-dealkylation sites (N-methyl/N-ethyl adjacent to an activating group) is 1. The van der Waals surface area contributed by atoms with Crippen molar-refractivity contribution in [3.05, 3.63) is 35.9 Å². The largest absolute Gasteiger partial charge is 0.325 e. The van der Waals surface area contributed by atoms with Gasteiger partial charge in [0.1, 0.15) is 0 Å². The second kappa shape index (κ2) is 5.95. The van der Waals surface area contributed by atoms with Gasteiger partial charge < -0.3 is 9.80 Å². The number of guanidine groups is 1. The molecule has 2 atom stereocenters. The molecular formula is C14H16N6O3. The van der Waals surface area contributed by atoms with Crippen molar-refractivity contribution in [1.29, 1.82) is 0 Å². The van der Waals surface area contributed by atoms with Gasteiger partial charge in [-0.25, -0.2) is 9.79 Å². The lowest BCUT2D eigenvalue weighted by molar-refractivity contribution is -0.127. The Morgan fingerprint density at radius 3 is 2.74 bits per heavy atom. The van der Waals surface area contributed by atoms with Crippen LogP contribution in [0.3, 0.4) is 0 Å². The number of hydrogen-bond acceptors (Lipinski definition) is 6. The standard InChI is InChI=1S/C14H16N6O3/c1-19-11-10(12(22)17-14(19)23)20(13(16-11)18-15-8-21)7-9-5-3-2-4-6-9/h2-6,8,10-11H,7H2,1H3,(H,15,21)(H,16,18)(H,17,22,23). The van der Waals surface area contributed by atoms with E-state index in [2.05, 4.69) is 21.2 Å². The third-order valence-corrected chi connectivity index (χ3v) is 3.80. The van der Waals surface area contributed by atoms with E-state index in [0.717, 1.165) is 5.56 Å². The average Bonchev–Trinajstić information content (AvgIpc) is 2.91. The lowest BCUT2D eigenvalue weighted by Gasteiger charge is -2.36. The Morgan fingerprint density at radius 1 is 1.30 bits per heavy atom. The van der Waals surface area contributed by atoms with Crippen molar-refractivity contribution in [1.82, 2.24) is 26.0 Å². The molecule has 2 aliphatic heterocycles. The van der Waals surface area contributed by atoms with Crippen LogP contribution in [0.25, 0.3) is 0 Å². The van der Waals surface area contributed by atoms with Crippen LogP contribution in [0.2, 0.25) is 0 Å². The molecule has 3 rings (SSSR count). The lowest BCUT2D eigenvalue weighted by atomic mass is 10.1. The van der Waals surface area contributed by atoms with E-state index in [-0.39, 0.29) is 0 Å². The van der Waals surface area contributed by atoms with E-state index in [1.807, 2.05) is 30.3 Å². The number of carbonyl (C=O) groups excluding carboxylic acids is 3. The molecule has 0 saturated carbocycles. The van der Waals surface area contributed by atoms with E-state index in [1.54, 1.807) is 11.9 Å². The molecule has 9 nitrogen and oxygen atoms in total. The summed E-state index contributed by atoms with van der Waals surface area (Å²) in [5, 5.41) is 2.31. The number of nitrogens with one attached hydrogen (secondary N) is 3. The van der Waals surface area contributed by atoms with Gasteiger partial charge in [0.25, 0.3) is 5.91 Å². The second-order valence-corrected chi connectivity index (χ2v) is 5.22. The first-order chi connectivity index (χ1) is 11.1. The second-order valence-electron chi connectivity index (χ2n) is 5.22. The van der Waals surface area contributed by atoms with Crippen LogP contribution in [0.4, 0.5) is 4.79 Å². The van der Waals surface area contributed by atoms with E-state index in [9.17, 15) is 14.4 Å². The average molecular weight is 316 g/mol. The van der Waals surface area contributed by atoms with Crippen molar-refractivity contribution in [3.63, 3.8) is 0 Å². The quantitative estimate of drug-likeness (QED) is 0.487. The summed E-state index contributed by atoms with van der Waals surface area (Å²) in [5.74, 6) is -0.0895. The van der Waals surface area contributed by atoms with Crippen LogP contribution in [-0.2, 0) is 16.1 Å². The summed E-state index contributed by atoms with van der Waals surface area (Å²) < 4.78 is 0. The molecule has 1 fully saturated rings. The van der Waals surface area contributed by atoms with E-state index >= 15 is 0 Å². The molecule has 1 saturated heterocycles. The predicted molar refractivity (Wildman–Crippen MR) is 80.6 cm³/mol. The Balaban J connectivity index is 1.90. The maximum atomic E-state index is 12.3. The highest BCUT2D eigenvalue weighted by atomic mass is 16.2. The lowest BCUT2D eigenvalue weighted by Crippen LogP contribution is -2.64. The number of nitrogens with zero attached hydrogens (tertiary/aromatic N) is 3. The first-order valence-electron chi connectivity index (χ1n) is 7.03. The van der Waals surface area contributed by atoms with E-state index in [0.29, 0.717) is 18.9 Å². The molecule has 2 aliphatic rings. The molecule has 2 unspecified atom stereocenters. The Kier molecular flexibility index (Phi) is 3.83. The summed E-state index contributed by atoms with van der Waals surface area (Å²) in [6.07, 6.45) is -0.170. The Hall–Kier alpha value is -3.10. The molecular weight excluding hydrogens is 300 g/mol. The van der Waals surface area contributed by atoms with Gasteiger partial charge in [0.2, 0.25) is 12.4 Å². The highest BCUT2D eigenvalue weighted by Crippen LogP contribution is 2.24. The first kappa shape index (κ1) is 14.8. The third-order valence-electron chi connectivity index (χ3n) is 3.80. The first-order valence-corrected chi connectivity index (χ1v) is 7.03. The Morgan fingerprint density at radius 2 is 2.04 bits per heavy atom. The molecule has 9 heteroatoms. The van der Waals surface area contributed by atoms with E-state index in [4.69, 9.17) is 0 Å². The highest BCUT2D eigenvalue weighted by molar-refractivity contribution is 6.03. The van der Waals surface area contributed by atoms with Gasteiger partial charge in [-0.05, 0) is 5.56 Å². The van der Waals surface area contributed by atoms with E-state index in [1.165, 1.54) is 4.90 Å². The zero-order valence-electron chi connectivity index (χ0n) is 12.4. The number of amides is 4. The number of imide groups is 1. The van der Waals surface area contributed by atoms with Crippen LogP contribution in [0.5, 0.6) is 0 Å². The van der Waals surface area contributed by atoms with Crippen LogP contribution >= 0.6 is 0 Å². The zero-order valence-corrected chi connectivity index (χ0v) is 12.4. The van der Waals surface area contributed by atoms with Crippen LogP contribution in [0.1, 0.15) is 5.56 Å². The molecule has 3 N–H and O–H groups in total. The number of aliphatic imine (C=N–C) groups is 1. The molecule has 2 heterocycles. The molecule has 0 radical (unpaired) electrons. The number of hydrazine groups is 1. The van der Waals surface area contributed by atoms with Gasteiger partial charge >= 0.3 is 6.03 Å². The number of benzene rings is 1. The minimum atomic E-state index is -0.658. The summed E-state index contributed by atoms with van der Waals surface area (Å²) in [5.41, 5.74) is 5.95. The molecule has 1 aromatic carbocycles. The minimum Gasteiger partial charge on any atom is -0.321 e. The smallest absolute Gasteiger partial charge is 0.321 e. The van der Waals surface area contributed by atoms with Crippen LogP contribution in [-0.4, -0.2) is 53.4 Å². The van der Waals surface area contributed by atoms with Gasteiger partial charge in [-0.15, -0.1) is 0 Å². The molecule has 0 bridgehead atoms. The van der Waals surface area contributed by atoms with Crippen LogP contribution < -0.4 is 16.2 Å². The fourth-order valence-electron chi connectivity index (χ4n) is 2.68. The number of carbonyl (C=O) groups is 3. The van der Waals surface area contributed by atoms with Crippen molar-refractivity contribution in [2.24, 2.45) is 4.99 Å². The van der Waals surface area contributed by atoms with Crippen molar-refractivity contribution < 1.29 is 14.4 Å². The van der Waals surface area contributed by atoms with Crippen LogP contribution in [0.15, 0.2) is 35.3 Å². The summed E-state index contributed by atoms with van der Waals surface area (Å²) in [6, 6.07) is 8.39. The minimum absolute atomic E-state index is 0.327. The molecule has 23 heavy (non-hydrogen) atoms. The summed E-state index contributed by atoms with van der Waals surface area (Å²) in [4.78, 5) is 42.0.